The van der Waals surface area contributed by atoms with Gasteiger partial charge in [0.15, 0.2) is 0 Å². The molecule has 2 saturated heterocycles. The Labute approximate surface area is 185 Å². The Morgan fingerprint density at radius 1 is 1.06 bits per heavy atom. The maximum atomic E-state index is 12.7. The molecule has 6 heteroatoms. The molecule has 6 nitrogen and oxygen atoms in total. The number of carbonyl (C=O) groups excluding carboxylic acids is 2. The summed E-state index contributed by atoms with van der Waals surface area (Å²) in [6.07, 6.45) is 9.27. The standard InChI is InChI=1S/C25H35N3O3/c26-25(30)22-7-6-21(18-23(22)20-4-2-1-3-5-20)19-8-12-28(13-9-19)24(29)10-11-27-14-16-31-17-15-27/h4,6-7,18-19H,1-3,5,8-17H2,(H2,26,30). The Balaban J connectivity index is 1.36. The number of hydrogen-bond donors (Lipinski definition) is 1. The maximum Gasteiger partial charge on any atom is 0.249 e. The van der Waals surface area contributed by atoms with Crippen LogP contribution in [0.4, 0.5) is 0 Å². The SMILES string of the molecule is NC(=O)c1ccc(C2CCN(C(=O)CCN3CCOCC3)CC2)cc1C1=CCCCC1. The number of rotatable bonds is 6. The van der Waals surface area contributed by atoms with Gasteiger partial charge in [-0.1, -0.05) is 18.2 Å². The normalized spacial score (nSPS) is 21.0. The highest BCUT2D eigenvalue weighted by Crippen LogP contribution is 2.34. The Kier molecular flexibility index (Phi) is 7.41. The van der Waals surface area contributed by atoms with Gasteiger partial charge in [-0.25, -0.2) is 0 Å². The first-order valence-corrected chi connectivity index (χ1v) is 11.8. The Hall–Kier alpha value is -2.18. The zero-order valence-electron chi connectivity index (χ0n) is 18.5. The van der Waals surface area contributed by atoms with Crippen molar-refractivity contribution in [3.8, 4) is 0 Å². The highest BCUT2D eigenvalue weighted by molar-refractivity contribution is 5.98. The monoisotopic (exact) mass is 425 g/mol. The highest BCUT2D eigenvalue weighted by Gasteiger charge is 2.25. The molecule has 1 aliphatic carbocycles. The molecule has 0 spiro atoms. The van der Waals surface area contributed by atoms with E-state index in [0.29, 0.717) is 17.9 Å². The molecule has 0 atom stereocenters. The van der Waals surface area contributed by atoms with Crippen LogP contribution >= 0.6 is 0 Å². The molecule has 1 aromatic carbocycles. The molecule has 0 radical (unpaired) electrons. The molecule has 2 heterocycles. The summed E-state index contributed by atoms with van der Waals surface area (Å²) in [5, 5.41) is 0. The van der Waals surface area contributed by atoms with Crippen molar-refractivity contribution >= 4 is 17.4 Å². The molecule has 2 N–H and O–H groups in total. The summed E-state index contributed by atoms with van der Waals surface area (Å²) in [5.41, 5.74) is 9.85. The molecular weight excluding hydrogens is 390 g/mol. The number of nitrogens with zero attached hydrogens (tertiary/aromatic N) is 2. The first-order chi connectivity index (χ1) is 15.1. The molecule has 0 bridgehead atoms. The van der Waals surface area contributed by atoms with E-state index in [-0.39, 0.29) is 11.8 Å². The fraction of sp³-hybridized carbons (Fsp3) is 0.600. The number of amides is 2. The van der Waals surface area contributed by atoms with E-state index in [2.05, 4.69) is 23.1 Å². The van der Waals surface area contributed by atoms with Crippen molar-refractivity contribution in [3.63, 3.8) is 0 Å². The lowest BCUT2D eigenvalue weighted by molar-refractivity contribution is -0.132. The van der Waals surface area contributed by atoms with Crippen LogP contribution in [0.1, 0.15) is 72.3 Å². The zero-order valence-corrected chi connectivity index (χ0v) is 18.5. The molecule has 0 unspecified atom stereocenters. The van der Waals surface area contributed by atoms with Crippen molar-refractivity contribution < 1.29 is 14.3 Å². The minimum absolute atomic E-state index is 0.266. The van der Waals surface area contributed by atoms with Gasteiger partial charge in [0.25, 0.3) is 0 Å². The number of likely N-dealkylation sites (tertiary alicyclic amines) is 1. The van der Waals surface area contributed by atoms with Crippen LogP contribution in [0.5, 0.6) is 0 Å². The number of benzene rings is 1. The average Bonchev–Trinajstić information content (AvgIpc) is 2.83. The number of ether oxygens (including phenoxy) is 1. The summed E-state index contributed by atoms with van der Waals surface area (Å²) < 4.78 is 5.38. The lowest BCUT2D eigenvalue weighted by Gasteiger charge is -2.33. The van der Waals surface area contributed by atoms with E-state index in [1.807, 2.05) is 11.0 Å². The number of morpholine rings is 1. The van der Waals surface area contributed by atoms with Crippen molar-refractivity contribution in [3.05, 3.63) is 41.0 Å². The van der Waals surface area contributed by atoms with Gasteiger partial charge in [-0.3, -0.25) is 14.5 Å². The van der Waals surface area contributed by atoms with Crippen LogP contribution in [0.25, 0.3) is 5.57 Å². The van der Waals surface area contributed by atoms with Crippen molar-refractivity contribution in [2.24, 2.45) is 5.73 Å². The predicted molar refractivity (Wildman–Crippen MR) is 122 cm³/mol. The molecule has 0 saturated carbocycles. The smallest absolute Gasteiger partial charge is 0.249 e. The van der Waals surface area contributed by atoms with Crippen LogP contribution < -0.4 is 5.73 Å². The second-order valence-electron chi connectivity index (χ2n) is 9.00. The first-order valence-electron chi connectivity index (χ1n) is 11.8. The number of hydrogen-bond acceptors (Lipinski definition) is 4. The van der Waals surface area contributed by atoms with Gasteiger partial charge in [0.1, 0.15) is 0 Å². The van der Waals surface area contributed by atoms with Gasteiger partial charge in [0, 0.05) is 44.7 Å². The minimum atomic E-state index is -0.353. The van der Waals surface area contributed by atoms with Gasteiger partial charge >= 0.3 is 0 Å². The minimum Gasteiger partial charge on any atom is -0.379 e. The number of piperidine rings is 1. The van der Waals surface area contributed by atoms with E-state index in [1.165, 1.54) is 24.0 Å². The lowest BCUT2D eigenvalue weighted by Crippen LogP contribution is -2.42. The van der Waals surface area contributed by atoms with Gasteiger partial charge in [0.2, 0.25) is 11.8 Å². The summed E-state index contributed by atoms with van der Waals surface area (Å²) in [4.78, 5) is 29.0. The molecule has 31 heavy (non-hydrogen) atoms. The van der Waals surface area contributed by atoms with E-state index >= 15 is 0 Å². The highest BCUT2D eigenvalue weighted by atomic mass is 16.5. The van der Waals surface area contributed by atoms with Gasteiger partial charge in [-0.05, 0) is 67.2 Å². The second kappa shape index (κ2) is 10.4. The third-order valence-electron chi connectivity index (χ3n) is 7.01. The van der Waals surface area contributed by atoms with E-state index in [0.717, 1.165) is 77.2 Å². The fourth-order valence-electron chi connectivity index (χ4n) is 5.08. The molecule has 2 fully saturated rings. The van der Waals surface area contributed by atoms with Crippen molar-refractivity contribution in [1.82, 2.24) is 9.80 Å². The summed E-state index contributed by atoms with van der Waals surface area (Å²) in [6, 6.07) is 6.16. The Morgan fingerprint density at radius 2 is 1.84 bits per heavy atom. The average molecular weight is 426 g/mol. The van der Waals surface area contributed by atoms with E-state index in [9.17, 15) is 9.59 Å². The number of primary amides is 1. The number of nitrogens with two attached hydrogens (primary N) is 1. The molecule has 2 amide bonds. The molecule has 3 aliphatic rings. The molecule has 2 aliphatic heterocycles. The van der Waals surface area contributed by atoms with E-state index in [1.54, 1.807) is 0 Å². The van der Waals surface area contributed by atoms with Crippen LogP contribution in [0.15, 0.2) is 24.3 Å². The number of carbonyl (C=O) groups is 2. The first kappa shape index (κ1) is 22.0. The summed E-state index contributed by atoms with van der Waals surface area (Å²) >= 11 is 0. The lowest BCUT2D eigenvalue weighted by atomic mass is 9.84. The quantitative estimate of drug-likeness (QED) is 0.760. The summed E-state index contributed by atoms with van der Waals surface area (Å²) in [6.45, 7) is 5.84. The molecular formula is C25H35N3O3. The fourth-order valence-corrected chi connectivity index (χ4v) is 5.08. The van der Waals surface area contributed by atoms with E-state index in [4.69, 9.17) is 10.5 Å². The number of allylic oxidation sites excluding steroid dienone is 2. The molecule has 1 aromatic rings. The van der Waals surface area contributed by atoms with Gasteiger partial charge in [0.05, 0.1) is 13.2 Å². The van der Waals surface area contributed by atoms with Crippen LogP contribution in [-0.2, 0) is 9.53 Å². The summed E-state index contributed by atoms with van der Waals surface area (Å²) in [5.74, 6) is 0.337. The third kappa shape index (κ3) is 5.55. The van der Waals surface area contributed by atoms with Crippen LogP contribution in [0.3, 0.4) is 0 Å². The zero-order chi connectivity index (χ0) is 21.6. The van der Waals surface area contributed by atoms with E-state index < -0.39 is 0 Å². The Morgan fingerprint density at radius 3 is 2.52 bits per heavy atom. The van der Waals surface area contributed by atoms with Crippen LogP contribution in [0, 0.1) is 0 Å². The second-order valence-corrected chi connectivity index (χ2v) is 9.00. The largest absolute Gasteiger partial charge is 0.379 e. The molecule has 4 rings (SSSR count). The van der Waals surface area contributed by atoms with Gasteiger partial charge in [-0.2, -0.15) is 0 Å². The third-order valence-corrected chi connectivity index (χ3v) is 7.01. The van der Waals surface area contributed by atoms with Crippen LogP contribution in [0.2, 0.25) is 0 Å². The van der Waals surface area contributed by atoms with Gasteiger partial charge < -0.3 is 15.4 Å². The Bertz CT molecular complexity index is 821. The summed E-state index contributed by atoms with van der Waals surface area (Å²) in [7, 11) is 0. The van der Waals surface area contributed by atoms with Crippen molar-refractivity contribution in [2.75, 3.05) is 45.9 Å². The van der Waals surface area contributed by atoms with Gasteiger partial charge in [-0.15, -0.1) is 0 Å². The molecule has 168 valence electrons. The van der Waals surface area contributed by atoms with Crippen molar-refractivity contribution in [2.45, 2.75) is 50.9 Å². The topological polar surface area (TPSA) is 75.9 Å². The van der Waals surface area contributed by atoms with Crippen LogP contribution in [-0.4, -0.2) is 67.6 Å². The molecule has 0 aromatic heterocycles. The van der Waals surface area contributed by atoms with Crippen molar-refractivity contribution in [1.29, 1.82) is 0 Å². The predicted octanol–water partition coefficient (Wildman–Crippen LogP) is 3.17. The maximum absolute atomic E-state index is 12.7.